The van der Waals surface area contributed by atoms with Crippen LogP contribution in [0.5, 0.6) is 0 Å². The van der Waals surface area contributed by atoms with E-state index in [2.05, 4.69) is 29.7 Å². The van der Waals surface area contributed by atoms with Gasteiger partial charge in [0.25, 0.3) is 0 Å². The Morgan fingerprint density at radius 2 is 1.64 bits per heavy atom. The molecular formula is C16H26Cl3N3. The van der Waals surface area contributed by atoms with Crippen LogP contribution in [0.3, 0.4) is 0 Å². The number of piperazine rings is 1. The van der Waals surface area contributed by atoms with Gasteiger partial charge in [0.2, 0.25) is 0 Å². The quantitative estimate of drug-likeness (QED) is 0.867. The summed E-state index contributed by atoms with van der Waals surface area (Å²) >= 11 is 12.0. The highest BCUT2D eigenvalue weighted by Crippen LogP contribution is 2.22. The molecule has 1 aliphatic rings. The molecule has 0 radical (unpaired) electrons. The third-order valence-electron chi connectivity index (χ3n) is 3.80. The second kappa shape index (κ2) is 8.72. The molecule has 3 nitrogen and oxygen atoms in total. The summed E-state index contributed by atoms with van der Waals surface area (Å²) in [5, 5.41) is 1.27. The fourth-order valence-electron chi connectivity index (χ4n) is 2.73. The fourth-order valence-corrected chi connectivity index (χ4v) is 3.05. The normalized spacial score (nSPS) is 17.3. The number of rotatable bonds is 5. The molecule has 1 saturated heterocycles. The molecule has 2 rings (SSSR count). The number of benzene rings is 1. The van der Waals surface area contributed by atoms with Gasteiger partial charge in [-0.05, 0) is 38.0 Å². The van der Waals surface area contributed by atoms with Gasteiger partial charge in [0.05, 0.1) is 10.0 Å². The second-order valence-corrected chi connectivity index (χ2v) is 7.42. The average Bonchev–Trinajstić information content (AvgIpc) is 2.40. The van der Waals surface area contributed by atoms with E-state index < -0.39 is 0 Å². The molecule has 6 heteroatoms. The van der Waals surface area contributed by atoms with Crippen molar-refractivity contribution < 1.29 is 0 Å². The van der Waals surface area contributed by atoms with Crippen molar-refractivity contribution >= 4 is 35.6 Å². The SMILES string of the molecule is CC(C)(N)CN1CCN(CCc2ccc(Cl)c(Cl)c2)CC1.Cl. The first-order valence-corrected chi connectivity index (χ1v) is 8.27. The molecule has 0 unspecified atom stereocenters. The molecule has 126 valence electrons. The Bertz CT molecular complexity index is 466. The molecule has 0 aromatic heterocycles. The van der Waals surface area contributed by atoms with Gasteiger partial charge in [-0.3, -0.25) is 4.90 Å². The lowest BCUT2D eigenvalue weighted by atomic mass is 10.1. The maximum Gasteiger partial charge on any atom is 0.0595 e. The molecule has 0 bridgehead atoms. The van der Waals surface area contributed by atoms with Crippen LogP contribution < -0.4 is 5.73 Å². The summed E-state index contributed by atoms with van der Waals surface area (Å²) in [6.07, 6.45) is 1.01. The van der Waals surface area contributed by atoms with E-state index in [1.165, 1.54) is 5.56 Å². The zero-order valence-electron chi connectivity index (χ0n) is 13.3. The van der Waals surface area contributed by atoms with Crippen LogP contribution in [0.25, 0.3) is 0 Å². The highest BCUT2D eigenvalue weighted by molar-refractivity contribution is 6.42. The standard InChI is InChI=1S/C16H25Cl2N3.ClH/c1-16(2,19)12-21-9-7-20(8-10-21)6-5-13-3-4-14(17)15(18)11-13;/h3-4,11H,5-10,12,19H2,1-2H3;1H. The highest BCUT2D eigenvalue weighted by Gasteiger charge is 2.21. The van der Waals surface area contributed by atoms with Gasteiger partial charge < -0.3 is 10.6 Å². The molecule has 0 spiro atoms. The third-order valence-corrected chi connectivity index (χ3v) is 4.54. The molecule has 1 aromatic carbocycles. The van der Waals surface area contributed by atoms with E-state index in [-0.39, 0.29) is 17.9 Å². The van der Waals surface area contributed by atoms with Crippen LogP contribution in [-0.2, 0) is 6.42 Å². The number of hydrogen-bond donors (Lipinski definition) is 1. The van der Waals surface area contributed by atoms with E-state index in [1.54, 1.807) is 0 Å². The molecule has 0 amide bonds. The predicted octanol–water partition coefficient (Wildman–Crippen LogP) is 3.31. The topological polar surface area (TPSA) is 32.5 Å². The fraction of sp³-hybridized carbons (Fsp3) is 0.625. The molecule has 0 saturated carbocycles. The van der Waals surface area contributed by atoms with Crippen molar-refractivity contribution in [3.63, 3.8) is 0 Å². The molecule has 0 aliphatic carbocycles. The minimum atomic E-state index is -0.109. The molecule has 22 heavy (non-hydrogen) atoms. The van der Waals surface area contributed by atoms with Crippen LogP contribution in [0.1, 0.15) is 19.4 Å². The molecule has 1 heterocycles. The largest absolute Gasteiger partial charge is 0.324 e. The number of halogens is 3. The van der Waals surface area contributed by atoms with Crippen LogP contribution in [0.2, 0.25) is 10.0 Å². The van der Waals surface area contributed by atoms with Crippen molar-refractivity contribution in [3.05, 3.63) is 33.8 Å². The van der Waals surface area contributed by atoms with Crippen molar-refractivity contribution in [2.24, 2.45) is 5.73 Å². The van der Waals surface area contributed by atoms with Gasteiger partial charge in [0.1, 0.15) is 0 Å². The number of nitrogens with zero attached hydrogens (tertiary/aromatic N) is 2. The summed E-state index contributed by atoms with van der Waals surface area (Å²) in [6.45, 7) is 10.6. The van der Waals surface area contributed by atoms with E-state index in [4.69, 9.17) is 28.9 Å². The summed E-state index contributed by atoms with van der Waals surface area (Å²) in [7, 11) is 0. The van der Waals surface area contributed by atoms with Gasteiger partial charge in [0, 0.05) is 44.8 Å². The Morgan fingerprint density at radius 3 is 2.18 bits per heavy atom. The van der Waals surface area contributed by atoms with Crippen molar-refractivity contribution in [1.82, 2.24) is 9.80 Å². The van der Waals surface area contributed by atoms with E-state index >= 15 is 0 Å². The summed E-state index contributed by atoms with van der Waals surface area (Å²) < 4.78 is 0. The van der Waals surface area contributed by atoms with Gasteiger partial charge >= 0.3 is 0 Å². The average molecular weight is 367 g/mol. The predicted molar refractivity (Wildman–Crippen MR) is 98.6 cm³/mol. The minimum absolute atomic E-state index is 0. The van der Waals surface area contributed by atoms with Crippen LogP contribution >= 0.6 is 35.6 Å². The van der Waals surface area contributed by atoms with Crippen LogP contribution in [0, 0.1) is 0 Å². The summed E-state index contributed by atoms with van der Waals surface area (Å²) in [5.41, 5.74) is 7.22. The lowest BCUT2D eigenvalue weighted by Gasteiger charge is -2.37. The number of hydrogen-bond acceptors (Lipinski definition) is 3. The Kier molecular flexibility index (Phi) is 7.93. The van der Waals surface area contributed by atoms with Gasteiger partial charge in [-0.2, -0.15) is 0 Å². The zero-order valence-corrected chi connectivity index (χ0v) is 15.6. The highest BCUT2D eigenvalue weighted by atomic mass is 35.5. The van der Waals surface area contributed by atoms with Crippen molar-refractivity contribution in [2.45, 2.75) is 25.8 Å². The smallest absolute Gasteiger partial charge is 0.0595 e. The lowest BCUT2D eigenvalue weighted by Crippen LogP contribution is -2.53. The van der Waals surface area contributed by atoms with Gasteiger partial charge in [-0.25, -0.2) is 0 Å². The van der Waals surface area contributed by atoms with Crippen molar-refractivity contribution in [1.29, 1.82) is 0 Å². The van der Waals surface area contributed by atoms with E-state index in [0.717, 1.165) is 45.7 Å². The van der Waals surface area contributed by atoms with Gasteiger partial charge in [-0.15, -0.1) is 12.4 Å². The maximum atomic E-state index is 6.08. The molecule has 1 fully saturated rings. The van der Waals surface area contributed by atoms with Gasteiger partial charge in [0.15, 0.2) is 0 Å². The summed E-state index contributed by atoms with van der Waals surface area (Å²) in [4.78, 5) is 4.96. The molecule has 0 atom stereocenters. The zero-order chi connectivity index (χ0) is 15.5. The van der Waals surface area contributed by atoms with Crippen LogP contribution in [0.4, 0.5) is 0 Å². The Labute approximate surface area is 150 Å². The third kappa shape index (κ3) is 6.61. The first-order valence-electron chi connectivity index (χ1n) is 7.51. The van der Waals surface area contributed by atoms with Crippen molar-refractivity contribution in [2.75, 3.05) is 39.3 Å². The monoisotopic (exact) mass is 365 g/mol. The molecule has 1 aromatic rings. The van der Waals surface area contributed by atoms with Crippen LogP contribution in [0.15, 0.2) is 18.2 Å². The van der Waals surface area contributed by atoms with Crippen LogP contribution in [-0.4, -0.2) is 54.6 Å². The Hall–Kier alpha value is -0.0300. The van der Waals surface area contributed by atoms with E-state index in [0.29, 0.717) is 10.0 Å². The summed E-state index contributed by atoms with van der Waals surface area (Å²) in [5.74, 6) is 0. The van der Waals surface area contributed by atoms with E-state index in [1.807, 2.05) is 12.1 Å². The number of nitrogens with two attached hydrogens (primary N) is 1. The first-order chi connectivity index (χ1) is 9.83. The Morgan fingerprint density at radius 1 is 1.05 bits per heavy atom. The first kappa shape index (κ1) is 20.0. The minimum Gasteiger partial charge on any atom is -0.324 e. The summed E-state index contributed by atoms with van der Waals surface area (Å²) in [6, 6.07) is 5.90. The van der Waals surface area contributed by atoms with Crippen molar-refractivity contribution in [3.8, 4) is 0 Å². The second-order valence-electron chi connectivity index (χ2n) is 6.60. The maximum absolute atomic E-state index is 6.08. The molecule has 1 aliphatic heterocycles. The molecular weight excluding hydrogens is 341 g/mol. The van der Waals surface area contributed by atoms with Gasteiger partial charge in [-0.1, -0.05) is 29.3 Å². The van der Waals surface area contributed by atoms with E-state index in [9.17, 15) is 0 Å². The Balaban J connectivity index is 0.00000242. The lowest BCUT2D eigenvalue weighted by molar-refractivity contribution is 0.117. The molecule has 2 N–H and O–H groups in total.